The van der Waals surface area contributed by atoms with Gasteiger partial charge in [-0.3, -0.25) is 0 Å². The van der Waals surface area contributed by atoms with Crippen molar-refractivity contribution in [3.05, 3.63) is 29.3 Å². The Balaban J connectivity index is 2.63. The van der Waals surface area contributed by atoms with E-state index in [0.717, 1.165) is 11.3 Å². The van der Waals surface area contributed by atoms with Crippen LogP contribution < -0.4 is 4.74 Å². The van der Waals surface area contributed by atoms with E-state index in [-0.39, 0.29) is 12.4 Å². The molecule has 1 rings (SSSR count). The maximum atomic E-state index is 11.9. The van der Waals surface area contributed by atoms with Crippen molar-refractivity contribution in [2.75, 3.05) is 12.4 Å². The molecule has 0 N–H and O–H groups in total. The fourth-order valence-corrected chi connectivity index (χ4v) is 2.44. The molecule has 0 saturated heterocycles. The van der Waals surface area contributed by atoms with Crippen LogP contribution in [0.4, 0.5) is 0 Å². The highest BCUT2D eigenvalue weighted by molar-refractivity contribution is 7.92. The molecule has 0 aliphatic carbocycles. The van der Waals surface area contributed by atoms with Crippen molar-refractivity contribution >= 4 is 9.84 Å². The molecule has 4 heteroatoms. The maximum absolute atomic E-state index is 11.9. The smallest absolute Gasteiger partial charge is 0.158 e. The van der Waals surface area contributed by atoms with E-state index in [1.165, 1.54) is 5.56 Å². The van der Waals surface area contributed by atoms with Gasteiger partial charge in [-0.25, -0.2) is 8.42 Å². The molecule has 0 bridgehead atoms. The van der Waals surface area contributed by atoms with Gasteiger partial charge in [0.1, 0.15) is 12.4 Å². The molecule has 1 aromatic rings. The van der Waals surface area contributed by atoms with E-state index in [1.807, 2.05) is 32.0 Å². The Labute approximate surface area is 110 Å². The number of hydrogen-bond acceptors (Lipinski definition) is 3. The van der Waals surface area contributed by atoms with Crippen molar-refractivity contribution in [2.24, 2.45) is 0 Å². The van der Waals surface area contributed by atoms with E-state index >= 15 is 0 Å². The number of hydrogen-bond donors (Lipinski definition) is 0. The monoisotopic (exact) mass is 270 g/mol. The van der Waals surface area contributed by atoms with E-state index in [2.05, 4.69) is 0 Å². The molecule has 3 nitrogen and oxygen atoms in total. The first-order valence-corrected chi connectivity index (χ1v) is 7.71. The number of rotatable bonds is 4. The van der Waals surface area contributed by atoms with E-state index in [0.29, 0.717) is 0 Å². The number of aryl methyl sites for hydroxylation is 2. The van der Waals surface area contributed by atoms with E-state index in [1.54, 1.807) is 20.8 Å². The second-order valence-corrected chi connectivity index (χ2v) is 8.41. The molecular formula is C14H22O3S. The normalized spacial score (nSPS) is 12.5. The minimum absolute atomic E-state index is 0.0455. The lowest BCUT2D eigenvalue weighted by molar-refractivity contribution is 0.337. The molecule has 0 amide bonds. The summed E-state index contributed by atoms with van der Waals surface area (Å²) in [5, 5.41) is 0. The molecule has 0 fully saturated rings. The molecule has 0 spiro atoms. The average Bonchev–Trinajstić information content (AvgIpc) is 2.19. The summed E-state index contributed by atoms with van der Waals surface area (Å²) >= 11 is 0. The molecule has 0 heterocycles. The molecular weight excluding hydrogens is 248 g/mol. The minimum Gasteiger partial charge on any atom is -0.492 e. The predicted octanol–water partition coefficient (Wildman–Crippen LogP) is 2.90. The van der Waals surface area contributed by atoms with E-state index in [4.69, 9.17) is 4.74 Å². The van der Waals surface area contributed by atoms with Crippen molar-refractivity contribution < 1.29 is 13.2 Å². The first-order chi connectivity index (χ1) is 8.13. The van der Waals surface area contributed by atoms with Crippen LogP contribution in [0.15, 0.2) is 18.2 Å². The Kier molecular flexibility index (Phi) is 4.43. The summed E-state index contributed by atoms with van der Waals surface area (Å²) < 4.78 is 28.6. The van der Waals surface area contributed by atoms with Gasteiger partial charge in [0.2, 0.25) is 0 Å². The summed E-state index contributed by atoms with van der Waals surface area (Å²) in [5.74, 6) is 0.800. The third-order valence-corrected chi connectivity index (χ3v) is 5.44. The number of ether oxygens (including phenoxy) is 1. The Morgan fingerprint density at radius 1 is 1.17 bits per heavy atom. The summed E-state index contributed by atoms with van der Waals surface area (Å²) in [6, 6.07) is 5.86. The Morgan fingerprint density at radius 3 is 2.28 bits per heavy atom. The van der Waals surface area contributed by atoms with Crippen molar-refractivity contribution in [1.82, 2.24) is 0 Å². The van der Waals surface area contributed by atoms with Gasteiger partial charge in [-0.2, -0.15) is 0 Å². The molecule has 0 aromatic heterocycles. The van der Waals surface area contributed by atoms with Gasteiger partial charge in [0.25, 0.3) is 0 Å². The van der Waals surface area contributed by atoms with Gasteiger partial charge >= 0.3 is 0 Å². The van der Waals surface area contributed by atoms with Crippen LogP contribution in [-0.4, -0.2) is 25.5 Å². The van der Waals surface area contributed by atoms with Crippen LogP contribution in [0.1, 0.15) is 31.9 Å². The average molecular weight is 270 g/mol. The van der Waals surface area contributed by atoms with E-state index < -0.39 is 14.6 Å². The Bertz CT molecular complexity index is 510. The van der Waals surface area contributed by atoms with Crippen molar-refractivity contribution in [2.45, 2.75) is 39.4 Å². The molecule has 1 aromatic carbocycles. The number of sulfone groups is 1. The van der Waals surface area contributed by atoms with Gasteiger partial charge in [0.05, 0.1) is 10.5 Å². The zero-order chi connectivity index (χ0) is 14.0. The summed E-state index contributed by atoms with van der Waals surface area (Å²) in [5.41, 5.74) is 2.20. The standard InChI is InChI=1S/C14H22O3S/c1-11-6-7-13(12(2)10-11)17-8-9-18(15,16)14(3,4)5/h6-7,10H,8-9H2,1-5H3. The van der Waals surface area contributed by atoms with Crippen LogP contribution in [0.2, 0.25) is 0 Å². The zero-order valence-corrected chi connectivity index (χ0v) is 12.6. The fourth-order valence-electron chi connectivity index (χ4n) is 1.53. The molecule has 0 atom stereocenters. The largest absolute Gasteiger partial charge is 0.492 e. The molecule has 0 saturated carbocycles. The van der Waals surface area contributed by atoms with Gasteiger partial charge in [0, 0.05) is 0 Å². The highest BCUT2D eigenvalue weighted by Gasteiger charge is 2.28. The highest BCUT2D eigenvalue weighted by atomic mass is 32.2. The summed E-state index contributed by atoms with van der Waals surface area (Å²) in [6.07, 6.45) is 0. The van der Waals surface area contributed by atoms with Gasteiger partial charge in [-0.15, -0.1) is 0 Å². The SMILES string of the molecule is Cc1ccc(OCCS(=O)(=O)C(C)(C)C)c(C)c1. The highest BCUT2D eigenvalue weighted by Crippen LogP contribution is 2.20. The molecule has 102 valence electrons. The molecule has 0 radical (unpaired) electrons. The van der Waals surface area contributed by atoms with Crippen LogP contribution >= 0.6 is 0 Å². The third kappa shape index (κ3) is 3.73. The molecule has 18 heavy (non-hydrogen) atoms. The van der Waals surface area contributed by atoms with Gasteiger partial charge in [-0.1, -0.05) is 17.7 Å². The third-order valence-electron chi connectivity index (χ3n) is 2.87. The van der Waals surface area contributed by atoms with Crippen LogP contribution in [0.3, 0.4) is 0 Å². The van der Waals surface area contributed by atoms with E-state index in [9.17, 15) is 8.42 Å². The van der Waals surface area contributed by atoms with Gasteiger partial charge < -0.3 is 4.74 Å². The maximum Gasteiger partial charge on any atom is 0.158 e. The lowest BCUT2D eigenvalue weighted by Gasteiger charge is -2.19. The molecule has 0 aliphatic rings. The summed E-state index contributed by atoms with van der Waals surface area (Å²) in [6.45, 7) is 9.29. The Morgan fingerprint density at radius 2 is 1.78 bits per heavy atom. The first-order valence-electron chi connectivity index (χ1n) is 6.06. The first kappa shape index (κ1) is 15.0. The molecule has 0 unspecified atom stereocenters. The second kappa shape index (κ2) is 5.31. The second-order valence-electron chi connectivity index (χ2n) is 5.55. The summed E-state index contributed by atoms with van der Waals surface area (Å²) in [4.78, 5) is 0. The number of benzene rings is 1. The lowest BCUT2D eigenvalue weighted by atomic mass is 10.1. The van der Waals surface area contributed by atoms with Gasteiger partial charge in [-0.05, 0) is 46.2 Å². The summed E-state index contributed by atoms with van der Waals surface area (Å²) in [7, 11) is -3.11. The van der Waals surface area contributed by atoms with Crippen LogP contribution in [0.25, 0.3) is 0 Å². The fraction of sp³-hybridized carbons (Fsp3) is 0.571. The topological polar surface area (TPSA) is 43.4 Å². The van der Waals surface area contributed by atoms with Crippen LogP contribution in [0.5, 0.6) is 5.75 Å². The zero-order valence-electron chi connectivity index (χ0n) is 11.8. The predicted molar refractivity (Wildman–Crippen MR) is 75.0 cm³/mol. The van der Waals surface area contributed by atoms with Gasteiger partial charge in [0.15, 0.2) is 9.84 Å². The van der Waals surface area contributed by atoms with Crippen LogP contribution in [-0.2, 0) is 9.84 Å². The van der Waals surface area contributed by atoms with Crippen molar-refractivity contribution in [3.8, 4) is 5.75 Å². The van der Waals surface area contributed by atoms with Crippen molar-refractivity contribution in [3.63, 3.8) is 0 Å². The molecule has 0 aliphatic heterocycles. The quantitative estimate of drug-likeness (QED) is 0.845. The minimum atomic E-state index is -3.11. The van der Waals surface area contributed by atoms with Crippen LogP contribution in [0, 0.1) is 13.8 Å². The Hall–Kier alpha value is -1.03. The lowest BCUT2D eigenvalue weighted by Crippen LogP contribution is -2.32. The van der Waals surface area contributed by atoms with Crippen molar-refractivity contribution in [1.29, 1.82) is 0 Å².